The molecular formula is C18H35IN6O. The zero-order chi connectivity index (χ0) is 18.4. The van der Waals surface area contributed by atoms with Gasteiger partial charge in [0.15, 0.2) is 11.8 Å². The van der Waals surface area contributed by atoms with Crippen LogP contribution in [-0.4, -0.2) is 46.5 Å². The predicted molar refractivity (Wildman–Crippen MR) is 116 cm³/mol. The molecule has 1 fully saturated rings. The Labute approximate surface area is 174 Å². The highest BCUT2D eigenvalue weighted by Gasteiger charge is 2.25. The number of nitrogens with zero attached hydrogens (tertiary/aromatic N) is 4. The lowest BCUT2D eigenvalue weighted by atomic mass is 9.89. The fourth-order valence-corrected chi connectivity index (χ4v) is 3.09. The normalized spacial score (nSPS) is 17.1. The predicted octanol–water partition coefficient (Wildman–Crippen LogP) is 2.78. The van der Waals surface area contributed by atoms with E-state index in [2.05, 4.69) is 41.6 Å². The fraction of sp³-hybridized carbons (Fsp3) is 0.833. The first-order valence-corrected chi connectivity index (χ1v) is 9.23. The van der Waals surface area contributed by atoms with Gasteiger partial charge in [-0.05, 0) is 25.2 Å². The van der Waals surface area contributed by atoms with Gasteiger partial charge in [0, 0.05) is 26.7 Å². The Morgan fingerprint density at radius 1 is 1.31 bits per heavy atom. The van der Waals surface area contributed by atoms with E-state index in [0.29, 0.717) is 12.6 Å². The molecule has 1 heterocycles. The van der Waals surface area contributed by atoms with Crippen molar-refractivity contribution in [3.05, 3.63) is 11.6 Å². The molecule has 0 spiro atoms. The van der Waals surface area contributed by atoms with Crippen molar-refractivity contribution in [1.29, 1.82) is 0 Å². The highest BCUT2D eigenvalue weighted by atomic mass is 127. The van der Waals surface area contributed by atoms with E-state index in [4.69, 9.17) is 9.73 Å². The third kappa shape index (κ3) is 6.68. The summed E-state index contributed by atoms with van der Waals surface area (Å²) in [6.45, 7) is 9.73. The second-order valence-electron chi connectivity index (χ2n) is 7.98. The van der Waals surface area contributed by atoms with E-state index >= 15 is 0 Å². The van der Waals surface area contributed by atoms with Gasteiger partial charge in [0.05, 0.1) is 6.10 Å². The van der Waals surface area contributed by atoms with Crippen LogP contribution in [-0.2, 0) is 18.3 Å². The molecule has 1 aromatic heterocycles. The van der Waals surface area contributed by atoms with Crippen LogP contribution in [0.3, 0.4) is 0 Å². The highest BCUT2D eigenvalue weighted by Crippen LogP contribution is 2.21. The average molecular weight is 478 g/mol. The summed E-state index contributed by atoms with van der Waals surface area (Å²) < 4.78 is 7.62. The minimum absolute atomic E-state index is 0. The summed E-state index contributed by atoms with van der Waals surface area (Å²) in [7, 11) is 3.74. The molecule has 26 heavy (non-hydrogen) atoms. The zero-order valence-corrected chi connectivity index (χ0v) is 19.3. The number of halogens is 1. The lowest BCUT2D eigenvalue weighted by molar-refractivity contribution is 0.0205. The van der Waals surface area contributed by atoms with E-state index in [9.17, 15) is 0 Å². The van der Waals surface area contributed by atoms with Gasteiger partial charge in [0.25, 0.3) is 0 Å². The Hall–Kier alpha value is -0.900. The molecule has 0 radical (unpaired) electrons. The summed E-state index contributed by atoms with van der Waals surface area (Å²) in [6, 6.07) is 0.503. The number of methoxy groups -OCH3 is 1. The van der Waals surface area contributed by atoms with Crippen molar-refractivity contribution in [3.8, 4) is 0 Å². The summed E-state index contributed by atoms with van der Waals surface area (Å²) in [6.07, 6.45) is 5.10. The summed E-state index contributed by atoms with van der Waals surface area (Å²) >= 11 is 0. The van der Waals surface area contributed by atoms with E-state index in [1.54, 1.807) is 7.11 Å². The molecule has 1 atom stereocenters. The van der Waals surface area contributed by atoms with Crippen LogP contribution >= 0.6 is 24.0 Å². The Bertz CT molecular complexity index is 575. The third-order valence-electron chi connectivity index (χ3n) is 4.96. The number of hydrogen-bond donors (Lipinski definition) is 2. The van der Waals surface area contributed by atoms with Crippen molar-refractivity contribution in [3.63, 3.8) is 0 Å². The van der Waals surface area contributed by atoms with Crippen molar-refractivity contribution in [2.24, 2.45) is 17.5 Å². The van der Waals surface area contributed by atoms with Gasteiger partial charge in [-0.15, -0.1) is 34.2 Å². The molecule has 1 saturated carbocycles. The third-order valence-corrected chi connectivity index (χ3v) is 4.96. The molecule has 0 saturated heterocycles. The lowest BCUT2D eigenvalue weighted by Crippen LogP contribution is -2.47. The maximum atomic E-state index is 5.65. The molecule has 2 N–H and O–H groups in total. The number of aryl methyl sites for hydroxylation is 1. The van der Waals surface area contributed by atoms with E-state index in [1.165, 1.54) is 25.7 Å². The Balaban J connectivity index is 0.00000338. The molecule has 0 aromatic carbocycles. The number of hydrogen-bond acceptors (Lipinski definition) is 4. The summed E-state index contributed by atoms with van der Waals surface area (Å²) in [5, 5.41) is 15.3. The van der Waals surface area contributed by atoms with Gasteiger partial charge in [-0.25, -0.2) is 4.99 Å². The van der Waals surface area contributed by atoms with Crippen LogP contribution in [0.15, 0.2) is 4.99 Å². The van der Waals surface area contributed by atoms with E-state index in [0.717, 1.165) is 24.2 Å². The minimum atomic E-state index is 0. The first-order chi connectivity index (χ1) is 11.8. The molecule has 1 unspecified atom stereocenters. The van der Waals surface area contributed by atoms with Crippen molar-refractivity contribution < 1.29 is 4.74 Å². The molecule has 8 heteroatoms. The topological polar surface area (TPSA) is 76.4 Å². The van der Waals surface area contributed by atoms with Gasteiger partial charge in [-0.3, -0.25) is 0 Å². The van der Waals surface area contributed by atoms with Gasteiger partial charge in [-0.1, -0.05) is 33.6 Å². The van der Waals surface area contributed by atoms with Crippen LogP contribution in [0.25, 0.3) is 0 Å². The molecule has 1 aromatic rings. The van der Waals surface area contributed by atoms with E-state index in [-0.39, 0.29) is 35.5 Å². The van der Waals surface area contributed by atoms with E-state index in [1.807, 2.05) is 18.5 Å². The molecule has 1 aliphatic rings. The first-order valence-electron chi connectivity index (χ1n) is 9.23. The summed E-state index contributed by atoms with van der Waals surface area (Å²) in [5.41, 5.74) is 0.0704. The van der Waals surface area contributed by atoms with Crippen molar-refractivity contribution in [2.45, 2.75) is 72.1 Å². The number of nitrogens with one attached hydrogen (secondary N) is 2. The van der Waals surface area contributed by atoms with Crippen molar-refractivity contribution in [2.75, 3.05) is 13.7 Å². The quantitative estimate of drug-likeness (QED) is 0.374. The number of ether oxygens (including phenoxy) is 1. The smallest absolute Gasteiger partial charge is 0.192 e. The van der Waals surface area contributed by atoms with Gasteiger partial charge in [0.1, 0.15) is 12.4 Å². The maximum Gasteiger partial charge on any atom is 0.192 e. The largest absolute Gasteiger partial charge is 0.379 e. The van der Waals surface area contributed by atoms with Crippen molar-refractivity contribution >= 4 is 29.9 Å². The molecule has 0 amide bonds. The zero-order valence-electron chi connectivity index (χ0n) is 17.0. The van der Waals surface area contributed by atoms with Crippen LogP contribution in [0, 0.1) is 12.3 Å². The molecule has 7 nitrogen and oxygen atoms in total. The number of aliphatic imine (C=N–C) groups is 1. The molecule has 1 aliphatic carbocycles. The first kappa shape index (κ1) is 23.1. The second-order valence-corrected chi connectivity index (χ2v) is 7.98. The molecular weight excluding hydrogens is 443 g/mol. The monoisotopic (exact) mass is 478 g/mol. The Morgan fingerprint density at radius 3 is 2.46 bits per heavy atom. The lowest BCUT2D eigenvalue weighted by Gasteiger charge is -2.30. The van der Waals surface area contributed by atoms with Crippen LogP contribution in [0.2, 0.25) is 0 Å². The van der Waals surface area contributed by atoms with Crippen LogP contribution in [0.4, 0.5) is 0 Å². The summed E-state index contributed by atoms with van der Waals surface area (Å²) in [4.78, 5) is 4.74. The van der Waals surface area contributed by atoms with Gasteiger partial charge in [0.2, 0.25) is 0 Å². The maximum absolute atomic E-state index is 5.65. The van der Waals surface area contributed by atoms with Gasteiger partial charge in [-0.2, -0.15) is 0 Å². The number of aromatic nitrogens is 3. The standard InChI is InChI=1S/C18H34N6O.HI/c1-13-22-23-16(24(13)5)12-20-17(21-14-9-7-8-10-14)19-11-15(25-6)18(2,3)4;/h14-15H,7-12H2,1-6H3,(H2,19,20,21);1H. The molecule has 0 bridgehead atoms. The Kier molecular flexibility index (Phi) is 9.29. The highest BCUT2D eigenvalue weighted by molar-refractivity contribution is 14.0. The van der Waals surface area contributed by atoms with Crippen molar-refractivity contribution in [1.82, 2.24) is 25.4 Å². The molecule has 150 valence electrons. The van der Waals surface area contributed by atoms with Crippen LogP contribution in [0.1, 0.15) is 58.1 Å². The SMILES string of the molecule is COC(CNC(=NCc1nnc(C)n1C)NC1CCCC1)C(C)(C)C.I. The van der Waals surface area contributed by atoms with Gasteiger partial charge >= 0.3 is 0 Å². The minimum Gasteiger partial charge on any atom is -0.379 e. The van der Waals surface area contributed by atoms with Crippen LogP contribution in [0.5, 0.6) is 0 Å². The van der Waals surface area contributed by atoms with Crippen LogP contribution < -0.4 is 10.6 Å². The number of guanidine groups is 1. The van der Waals surface area contributed by atoms with Gasteiger partial charge < -0.3 is 19.9 Å². The summed E-state index contributed by atoms with van der Waals surface area (Å²) in [5.74, 6) is 2.60. The fourth-order valence-electron chi connectivity index (χ4n) is 3.09. The Morgan fingerprint density at radius 2 is 1.96 bits per heavy atom. The average Bonchev–Trinajstić information content (AvgIpc) is 3.16. The molecule has 2 rings (SSSR count). The number of rotatable bonds is 6. The molecule has 0 aliphatic heterocycles. The second kappa shape index (κ2) is 10.4. The van der Waals surface area contributed by atoms with E-state index < -0.39 is 0 Å².